The second kappa shape index (κ2) is 11.5. The van der Waals surface area contributed by atoms with Crippen LogP contribution in [-0.2, 0) is 16.0 Å². The summed E-state index contributed by atoms with van der Waals surface area (Å²) < 4.78 is 35.4. The summed E-state index contributed by atoms with van der Waals surface area (Å²) >= 11 is 0. The number of aliphatic hydroxyl groups excluding tert-OH is 4. The van der Waals surface area contributed by atoms with E-state index in [0.717, 1.165) is 22.3 Å². The molecule has 1 fully saturated rings. The van der Waals surface area contributed by atoms with Crippen molar-refractivity contribution in [3.05, 3.63) is 65.2 Å². The maximum absolute atomic E-state index is 11.6. The summed E-state index contributed by atoms with van der Waals surface area (Å²) in [4.78, 5) is 11.6. The van der Waals surface area contributed by atoms with Crippen LogP contribution in [-0.4, -0.2) is 89.6 Å². The minimum absolute atomic E-state index is 0.0731. The van der Waals surface area contributed by atoms with E-state index < -0.39 is 42.8 Å². The molecule has 0 unspecified atom stereocenters. The van der Waals surface area contributed by atoms with E-state index in [1.807, 2.05) is 36.4 Å². The van der Waals surface area contributed by atoms with Crippen LogP contribution >= 0.6 is 0 Å². The van der Waals surface area contributed by atoms with Crippen LogP contribution in [0.25, 0.3) is 11.1 Å². The van der Waals surface area contributed by atoms with Gasteiger partial charge in [0, 0.05) is 23.8 Å². The van der Waals surface area contributed by atoms with E-state index in [9.17, 15) is 30.3 Å². The Morgan fingerprint density at radius 1 is 0.977 bits per heavy atom. The fraction of sp³-hybridized carbons (Fsp3) is 0.387. The van der Waals surface area contributed by atoms with Crippen LogP contribution in [0.15, 0.2) is 48.5 Å². The molecule has 0 radical (unpaired) electrons. The van der Waals surface area contributed by atoms with Gasteiger partial charge in [0.25, 0.3) is 0 Å². The van der Waals surface area contributed by atoms with Crippen LogP contribution in [0.1, 0.15) is 28.7 Å². The molecule has 0 amide bonds. The van der Waals surface area contributed by atoms with Crippen molar-refractivity contribution in [2.45, 2.75) is 49.1 Å². The molecule has 0 saturated carbocycles. The van der Waals surface area contributed by atoms with Crippen LogP contribution in [0.2, 0.25) is 0 Å². The number of fused-ring (bicyclic) bond motifs is 5. The molecule has 7 atom stereocenters. The van der Waals surface area contributed by atoms with E-state index in [1.165, 1.54) is 14.2 Å². The molecular formula is C31H32O12. The second-order valence-electron chi connectivity index (χ2n) is 10.5. The van der Waals surface area contributed by atoms with Crippen LogP contribution in [0.3, 0.4) is 0 Å². The second-order valence-corrected chi connectivity index (χ2v) is 10.5. The van der Waals surface area contributed by atoms with Gasteiger partial charge in [-0.15, -0.1) is 0 Å². The number of carboxylic acids is 1. The number of carbonyl (C=O) groups is 1. The van der Waals surface area contributed by atoms with E-state index in [2.05, 4.69) is 0 Å². The number of aliphatic hydroxyl groups is 4. The fourth-order valence-electron chi connectivity index (χ4n) is 6.07. The molecular weight excluding hydrogens is 564 g/mol. The first-order chi connectivity index (χ1) is 20.8. The van der Waals surface area contributed by atoms with Gasteiger partial charge in [-0.25, -0.2) is 4.79 Å². The lowest BCUT2D eigenvalue weighted by atomic mass is 9.83. The Morgan fingerprint density at radius 3 is 2.42 bits per heavy atom. The molecule has 5 N–H and O–H groups in total. The van der Waals surface area contributed by atoms with E-state index in [1.54, 1.807) is 12.1 Å². The smallest absolute Gasteiger partial charge is 0.335 e. The third kappa shape index (κ3) is 4.90. The van der Waals surface area contributed by atoms with Gasteiger partial charge in [-0.05, 0) is 35.2 Å². The van der Waals surface area contributed by atoms with E-state index in [-0.39, 0.29) is 24.9 Å². The van der Waals surface area contributed by atoms with Crippen LogP contribution in [0.5, 0.6) is 28.7 Å². The van der Waals surface area contributed by atoms with Gasteiger partial charge < -0.3 is 54.0 Å². The number of carboxylic acid groups (broad SMARTS) is 1. The Hall–Kier alpha value is -4.07. The molecule has 3 aliphatic heterocycles. The van der Waals surface area contributed by atoms with Crippen molar-refractivity contribution in [3.8, 4) is 39.9 Å². The van der Waals surface area contributed by atoms with Crippen molar-refractivity contribution < 1.29 is 58.7 Å². The Kier molecular flexibility index (Phi) is 7.79. The highest BCUT2D eigenvalue weighted by Crippen LogP contribution is 2.59. The number of ether oxygens (including phenoxy) is 6. The maximum atomic E-state index is 11.6. The molecule has 3 aromatic carbocycles. The van der Waals surface area contributed by atoms with Crippen LogP contribution in [0.4, 0.5) is 0 Å². The highest BCUT2D eigenvalue weighted by atomic mass is 16.7. The topological polar surface area (TPSA) is 174 Å². The van der Waals surface area contributed by atoms with Gasteiger partial charge in [-0.3, -0.25) is 0 Å². The Morgan fingerprint density at radius 2 is 1.74 bits per heavy atom. The SMILES string of the molecule is COc1cc(CCO)c2c(c1OC)O[C@@H]1c3c(cc(O[C@H]4O[C@H](C(=O)O)[C@@H](O)[C@H](O)[C@H]4O)cc3-c3ccccc3)OC[C@@H]21. The van der Waals surface area contributed by atoms with Gasteiger partial charge in [0.15, 0.2) is 17.6 Å². The lowest BCUT2D eigenvalue weighted by Crippen LogP contribution is -2.61. The summed E-state index contributed by atoms with van der Waals surface area (Å²) in [6, 6.07) is 14.5. The molecule has 0 aromatic heterocycles. The van der Waals surface area contributed by atoms with E-state index >= 15 is 0 Å². The quantitative estimate of drug-likeness (QED) is 0.256. The molecule has 0 spiro atoms. The predicted octanol–water partition coefficient (Wildman–Crippen LogP) is 1.79. The largest absolute Gasteiger partial charge is 0.493 e. The number of hydrogen-bond donors (Lipinski definition) is 5. The normalized spacial score (nSPS) is 27.2. The highest BCUT2D eigenvalue weighted by molar-refractivity contribution is 5.75. The predicted molar refractivity (Wildman–Crippen MR) is 149 cm³/mol. The van der Waals surface area contributed by atoms with Gasteiger partial charge in [0.2, 0.25) is 12.0 Å². The summed E-state index contributed by atoms with van der Waals surface area (Å²) in [5.74, 6) is 0.284. The molecule has 12 nitrogen and oxygen atoms in total. The summed E-state index contributed by atoms with van der Waals surface area (Å²) in [5, 5.41) is 50.1. The van der Waals surface area contributed by atoms with Gasteiger partial charge >= 0.3 is 5.97 Å². The molecule has 228 valence electrons. The zero-order valence-electron chi connectivity index (χ0n) is 23.4. The number of benzene rings is 3. The number of hydrogen-bond acceptors (Lipinski definition) is 11. The van der Waals surface area contributed by atoms with Crippen molar-refractivity contribution in [2.75, 3.05) is 27.4 Å². The summed E-state index contributed by atoms with van der Waals surface area (Å²) in [6.07, 6.45) is -8.92. The average Bonchev–Trinajstić information content (AvgIpc) is 3.41. The third-order valence-electron chi connectivity index (χ3n) is 8.08. The van der Waals surface area contributed by atoms with Crippen molar-refractivity contribution in [1.82, 2.24) is 0 Å². The van der Waals surface area contributed by atoms with Gasteiger partial charge in [0.1, 0.15) is 35.9 Å². The number of methoxy groups -OCH3 is 2. The Labute approximate surface area is 246 Å². The molecule has 3 heterocycles. The molecule has 1 saturated heterocycles. The molecule has 0 aliphatic carbocycles. The molecule has 6 rings (SSSR count). The maximum Gasteiger partial charge on any atom is 0.335 e. The first kappa shape index (κ1) is 29.0. The van der Waals surface area contributed by atoms with Gasteiger partial charge in [-0.2, -0.15) is 0 Å². The first-order valence-electron chi connectivity index (χ1n) is 13.8. The molecule has 12 heteroatoms. The Bertz CT molecular complexity index is 1510. The van der Waals surface area contributed by atoms with Crippen molar-refractivity contribution >= 4 is 5.97 Å². The molecule has 3 aromatic rings. The average molecular weight is 597 g/mol. The fourth-order valence-corrected chi connectivity index (χ4v) is 6.07. The Balaban J connectivity index is 1.44. The molecule has 43 heavy (non-hydrogen) atoms. The van der Waals surface area contributed by atoms with E-state index in [4.69, 9.17) is 28.4 Å². The monoisotopic (exact) mass is 596 g/mol. The number of aliphatic carboxylic acids is 1. The zero-order chi connectivity index (χ0) is 30.4. The van der Waals surface area contributed by atoms with E-state index in [0.29, 0.717) is 35.0 Å². The summed E-state index contributed by atoms with van der Waals surface area (Å²) in [5.41, 5.74) is 3.94. The van der Waals surface area contributed by atoms with Crippen molar-refractivity contribution in [3.63, 3.8) is 0 Å². The minimum atomic E-state index is -1.84. The van der Waals surface area contributed by atoms with Gasteiger partial charge in [-0.1, -0.05) is 30.3 Å². The third-order valence-corrected chi connectivity index (χ3v) is 8.08. The lowest BCUT2D eigenvalue weighted by molar-refractivity contribution is -0.271. The first-order valence-corrected chi connectivity index (χ1v) is 13.8. The highest BCUT2D eigenvalue weighted by Gasteiger charge is 2.49. The van der Waals surface area contributed by atoms with Crippen LogP contribution < -0.4 is 23.7 Å². The van der Waals surface area contributed by atoms with Crippen molar-refractivity contribution in [1.29, 1.82) is 0 Å². The zero-order valence-corrected chi connectivity index (χ0v) is 23.4. The van der Waals surface area contributed by atoms with Gasteiger partial charge in [0.05, 0.1) is 26.7 Å². The summed E-state index contributed by atoms with van der Waals surface area (Å²) in [6.45, 7) is 0.154. The standard InChI is InChI=1S/C31H32O12/c1-38-20-10-15(8-9-32)21-18-13-40-19-12-16(41-31-25(35)23(33)24(34)29(43-31)30(36)37)11-17(14-6-4-3-5-7-14)22(19)26(18)42-28(21)27(20)39-2/h3-7,10-12,18,23-26,29,31-35H,8-9,13H2,1-2H3,(H,36,37)/t18-,23-,24-,25+,26-,29-,31-/m0/s1. The minimum Gasteiger partial charge on any atom is -0.493 e. The lowest BCUT2D eigenvalue weighted by Gasteiger charge is -2.38. The summed E-state index contributed by atoms with van der Waals surface area (Å²) in [7, 11) is 3.07. The van der Waals surface area contributed by atoms with Crippen molar-refractivity contribution in [2.24, 2.45) is 0 Å². The molecule has 3 aliphatic rings. The molecule has 0 bridgehead atoms. The number of rotatable bonds is 8. The van der Waals surface area contributed by atoms with Crippen LogP contribution in [0, 0.1) is 0 Å².